The quantitative estimate of drug-likeness (QED) is 0.904. The van der Waals surface area contributed by atoms with E-state index in [2.05, 4.69) is 0 Å². The molecular weight excluding hydrogens is 306 g/mol. The number of halogens is 5. The second kappa shape index (κ2) is 6.45. The van der Waals surface area contributed by atoms with Crippen LogP contribution >= 0.6 is 23.2 Å². The fraction of sp³-hybridized carbons (Fsp3) is 0.364. The molecule has 3 nitrogen and oxygen atoms in total. The molecular formula is C11H10Cl2F3NO2. The topological polar surface area (TPSA) is 40.5 Å². The fourth-order valence-electron chi connectivity index (χ4n) is 1.52. The molecule has 0 saturated carbocycles. The Balaban J connectivity index is 2.87. The van der Waals surface area contributed by atoms with Crippen LogP contribution in [0.2, 0.25) is 10.0 Å². The Morgan fingerprint density at radius 3 is 2.47 bits per heavy atom. The molecule has 0 aliphatic carbocycles. The molecule has 0 radical (unpaired) electrons. The van der Waals surface area contributed by atoms with Crippen molar-refractivity contribution in [2.24, 2.45) is 0 Å². The van der Waals surface area contributed by atoms with Gasteiger partial charge in [0.2, 0.25) is 0 Å². The highest BCUT2D eigenvalue weighted by molar-refractivity contribution is 6.33. The van der Waals surface area contributed by atoms with Crippen molar-refractivity contribution in [3.63, 3.8) is 0 Å². The Bertz CT molecular complexity index is 466. The van der Waals surface area contributed by atoms with Gasteiger partial charge in [-0.05, 0) is 23.8 Å². The van der Waals surface area contributed by atoms with E-state index in [1.807, 2.05) is 0 Å². The molecule has 1 aromatic carbocycles. The van der Waals surface area contributed by atoms with Gasteiger partial charge < -0.3 is 5.11 Å². The van der Waals surface area contributed by atoms with Gasteiger partial charge in [-0.3, -0.25) is 9.69 Å². The van der Waals surface area contributed by atoms with E-state index in [4.69, 9.17) is 28.3 Å². The molecule has 0 heterocycles. The van der Waals surface area contributed by atoms with E-state index in [9.17, 15) is 18.0 Å². The average Bonchev–Trinajstić information content (AvgIpc) is 2.20. The summed E-state index contributed by atoms with van der Waals surface area (Å²) < 4.78 is 37.0. The minimum Gasteiger partial charge on any atom is -0.480 e. The van der Waals surface area contributed by atoms with Gasteiger partial charge in [-0.25, -0.2) is 0 Å². The number of aliphatic carboxylic acids is 1. The summed E-state index contributed by atoms with van der Waals surface area (Å²) in [6.45, 7) is -2.31. The summed E-state index contributed by atoms with van der Waals surface area (Å²) >= 11 is 11.6. The first-order valence-electron chi connectivity index (χ1n) is 5.12. The lowest BCUT2D eigenvalue weighted by molar-refractivity contribution is -0.154. The number of alkyl halides is 3. The number of hydrogen-bond acceptors (Lipinski definition) is 2. The highest BCUT2D eigenvalue weighted by Gasteiger charge is 2.31. The molecule has 0 unspecified atom stereocenters. The van der Waals surface area contributed by atoms with Crippen molar-refractivity contribution in [1.29, 1.82) is 0 Å². The molecule has 8 heteroatoms. The number of carboxylic acids is 1. The third kappa shape index (κ3) is 6.13. The minimum atomic E-state index is -4.49. The van der Waals surface area contributed by atoms with Crippen LogP contribution in [0, 0.1) is 0 Å². The molecule has 1 rings (SSSR count). The van der Waals surface area contributed by atoms with E-state index in [1.165, 1.54) is 18.2 Å². The summed E-state index contributed by atoms with van der Waals surface area (Å²) in [5.41, 5.74) is 0.347. The summed E-state index contributed by atoms with van der Waals surface area (Å²) in [6.07, 6.45) is -4.49. The van der Waals surface area contributed by atoms with Crippen molar-refractivity contribution < 1.29 is 23.1 Å². The normalized spacial score (nSPS) is 11.9. The molecule has 1 aromatic rings. The second-order valence-corrected chi connectivity index (χ2v) is 4.73. The SMILES string of the molecule is O=C(O)CN(Cc1cc(Cl)ccc1Cl)CC(F)(F)F. The zero-order chi connectivity index (χ0) is 14.6. The molecule has 0 bridgehead atoms. The zero-order valence-corrected chi connectivity index (χ0v) is 11.1. The van der Waals surface area contributed by atoms with Gasteiger partial charge in [-0.2, -0.15) is 13.2 Å². The Morgan fingerprint density at radius 1 is 1.32 bits per heavy atom. The van der Waals surface area contributed by atoms with Crippen molar-refractivity contribution in [3.05, 3.63) is 33.8 Å². The Kier molecular flexibility index (Phi) is 5.46. The lowest BCUT2D eigenvalue weighted by Crippen LogP contribution is -2.37. The molecule has 0 amide bonds. The molecule has 0 aliphatic rings. The Hall–Kier alpha value is -0.980. The standard InChI is InChI=1S/C11H10Cl2F3NO2/c12-8-1-2-9(13)7(3-8)4-17(5-10(18)19)6-11(14,15)16/h1-3H,4-6H2,(H,18,19). The van der Waals surface area contributed by atoms with Gasteiger partial charge in [0.05, 0.1) is 13.1 Å². The third-order valence-corrected chi connectivity index (χ3v) is 2.77. The van der Waals surface area contributed by atoms with Gasteiger partial charge in [-0.15, -0.1) is 0 Å². The molecule has 0 atom stereocenters. The van der Waals surface area contributed by atoms with Crippen LogP contribution < -0.4 is 0 Å². The van der Waals surface area contributed by atoms with Crippen LogP contribution in [0.3, 0.4) is 0 Å². The molecule has 1 N–H and O–H groups in total. The number of carbonyl (C=O) groups is 1. The van der Waals surface area contributed by atoms with Gasteiger partial charge in [0, 0.05) is 16.6 Å². The van der Waals surface area contributed by atoms with Gasteiger partial charge in [0.1, 0.15) is 0 Å². The summed E-state index contributed by atoms with van der Waals surface area (Å²) in [5, 5.41) is 9.17. The molecule has 0 aliphatic heterocycles. The molecule has 0 aromatic heterocycles. The maximum atomic E-state index is 12.3. The van der Waals surface area contributed by atoms with E-state index in [-0.39, 0.29) is 11.6 Å². The Labute approximate surface area is 117 Å². The predicted octanol–water partition coefficient (Wildman–Crippen LogP) is 3.44. The van der Waals surface area contributed by atoms with Crippen molar-refractivity contribution in [3.8, 4) is 0 Å². The van der Waals surface area contributed by atoms with Crippen molar-refractivity contribution >= 4 is 29.2 Å². The lowest BCUT2D eigenvalue weighted by atomic mass is 10.2. The predicted molar refractivity (Wildman–Crippen MR) is 65.4 cm³/mol. The van der Waals surface area contributed by atoms with Crippen molar-refractivity contribution in [2.75, 3.05) is 13.1 Å². The average molecular weight is 316 g/mol. The first-order chi connectivity index (χ1) is 8.67. The maximum Gasteiger partial charge on any atom is 0.401 e. The summed E-state index contributed by atoms with van der Waals surface area (Å²) in [7, 11) is 0. The van der Waals surface area contributed by atoms with Crippen LogP contribution in [0.4, 0.5) is 13.2 Å². The first kappa shape index (κ1) is 16.1. The Morgan fingerprint density at radius 2 is 1.95 bits per heavy atom. The highest BCUT2D eigenvalue weighted by atomic mass is 35.5. The second-order valence-electron chi connectivity index (χ2n) is 3.89. The van der Waals surface area contributed by atoms with Crippen molar-refractivity contribution in [2.45, 2.75) is 12.7 Å². The lowest BCUT2D eigenvalue weighted by Gasteiger charge is -2.22. The zero-order valence-electron chi connectivity index (χ0n) is 9.55. The van der Waals surface area contributed by atoms with Gasteiger partial charge in [0.15, 0.2) is 0 Å². The smallest absolute Gasteiger partial charge is 0.401 e. The van der Waals surface area contributed by atoms with Crippen LogP contribution in [0.5, 0.6) is 0 Å². The van der Waals surface area contributed by atoms with Gasteiger partial charge in [0.25, 0.3) is 0 Å². The fourth-order valence-corrected chi connectivity index (χ4v) is 1.89. The van der Waals surface area contributed by atoms with Crippen LogP contribution in [0.15, 0.2) is 18.2 Å². The molecule has 0 spiro atoms. The molecule has 0 saturated heterocycles. The van der Waals surface area contributed by atoms with Gasteiger partial charge in [-0.1, -0.05) is 23.2 Å². The van der Waals surface area contributed by atoms with Crippen LogP contribution in [0.1, 0.15) is 5.56 Å². The van der Waals surface area contributed by atoms with E-state index in [0.29, 0.717) is 10.6 Å². The van der Waals surface area contributed by atoms with E-state index in [1.54, 1.807) is 0 Å². The van der Waals surface area contributed by atoms with Crippen LogP contribution in [0.25, 0.3) is 0 Å². The maximum absolute atomic E-state index is 12.3. The van der Waals surface area contributed by atoms with Crippen LogP contribution in [-0.4, -0.2) is 35.2 Å². The molecule has 106 valence electrons. The highest BCUT2D eigenvalue weighted by Crippen LogP contribution is 2.24. The van der Waals surface area contributed by atoms with E-state index < -0.39 is 25.2 Å². The van der Waals surface area contributed by atoms with Crippen molar-refractivity contribution in [1.82, 2.24) is 4.90 Å². The minimum absolute atomic E-state index is 0.238. The monoisotopic (exact) mass is 315 g/mol. The van der Waals surface area contributed by atoms with Gasteiger partial charge >= 0.3 is 12.1 Å². The number of hydrogen-bond donors (Lipinski definition) is 1. The van der Waals surface area contributed by atoms with E-state index >= 15 is 0 Å². The molecule has 19 heavy (non-hydrogen) atoms. The van der Waals surface area contributed by atoms with Crippen LogP contribution in [-0.2, 0) is 11.3 Å². The largest absolute Gasteiger partial charge is 0.480 e. The number of nitrogens with zero attached hydrogens (tertiary/aromatic N) is 1. The number of benzene rings is 1. The summed E-state index contributed by atoms with van der Waals surface area (Å²) in [5.74, 6) is -1.34. The summed E-state index contributed by atoms with van der Waals surface area (Å²) in [4.78, 5) is 11.3. The summed E-state index contributed by atoms with van der Waals surface area (Å²) in [6, 6.07) is 4.36. The first-order valence-corrected chi connectivity index (χ1v) is 5.88. The number of rotatable bonds is 5. The van der Waals surface area contributed by atoms with E-state index in [0.717, 1.165) is 4.90 Å². The third-order valence-electron chi connectivity index (χ3n) is 2.16. The molecule has 0 fully saturated rings. The number of carboxylic acid groups (broad SMARTS) is 1.